The molecule has 0 fully saturated rings. The van der Waals surface area contributed by atoms with Crippen LogP contribution in [0.15, 0.2) is 46.9 Å². The SMILES string of the molecule is COc1ccc(CC(=O)Nc2ccc3nc(C)oc3c2)cc1. The lowest BCUT2D eigenvalue weighted by Crippen LogP contribution is -2.14. The van der Waals surface area contributed by atoms with E-state index in [0.29, 0.717) is 23.6 Å². The normalized spacial score (nSPS) is 10.6. The number of anilines is 1. The van der Waals surface area contributed by atoms with Crippen molar-refractivity contribution in [1.82, 2.24) is 4.98 Å². The largest absolute Gasteiger partial charge is 0.497 e. The molecule has 0 aliphatic heterocycles. The predicted molar refractivity (Wildman–Crippen MR) is 84.1 cm³/mol. The molecule has 3 aromatic rings. The minimum absolute atomic E-state index is 0.0826. The molecule has 22 heavy (non-hydrogen) atoms. The van der Waals surface area contributed by atoms with E-state index in [9.17, 15) is 4.79 Å². The molecule has 0 spiro atoms. The Morgan fingerprint density at radius 3 is 2.73 bits per heavy atom. The molecule has 5 heteroatoms. The molecule has 2 aromatic carbocycles. The zero-order chi connectivity index (χ0) is 15.5. The second kappa shape index (κ2) is 5.89. The van der Waals surface area contributed by atoms with Gasteiger partial charge >= 0.3 is 0 Å². The first-order valence-electron chi connectivity index (χ1n) is 6.94. The summed E-state index contributed by atoms with van der Waals surface area (Å²) in [6.45, 7) is 1.79. The molecule has 112 valence electrons. The van der Waals surface area contributed by atoms with E-state index in [1.165, 1.54) is 0 Å². The third-order valence-corrected chi connectivity index (χ3v) is 3.30. The molecule has 0 radical (unpaired) electrons. The van der Waals surface area contributed by atoms with Crippen molar-refractivity contribution in [3.8, 4) is 5.75 Å². The van der Waals surface area contributed by atoms with E-state index < -0.39 is 0 Å². The number of ether oxygens (including phenoxy) is 1. The van der Waals surface area contributed by atoms with Crippen LogP contribution in [0.4, 0.5) is 5.69 Å². The van der Waals surface area contributed by atoms with Gasteiger partial charge in [0.25, 0.3) is 0 Å². The van der Waals surface area contributed by atoms with Crippen molar-refractivity contribution in [2.45, 2.75) is 13.3 Å². The summed E-state index contributed by atoms with van der Waals surface area (Å²) < 4.78 is 10.6. The van der Waals surface area contributed by atoms with Crippen molar-refractivity contribution in [2.75, 3.05) is 12.4 Å². The van der Waals surface area contributed by atoms with Crippen LogP contribution in [-0.2, 0) is 11.2 Å². The van der Waals surface area contributed by atoms with Crippen molar-refractivity contribution in [3.63, 3.8) is 0 Å². The fraction of sp³-hybridized carbons (Fsp3) is 0.176. The van der Waals surface area contributed by atoms with E-state index in [4.69, 9.17) is 9.15 Å². The van der Waals surface area contributed by atoms with Gasteiger partial charge in [-0.1, -0.05) is 12.1 Å². The van der Waals surface area contributed by atoms with Gasteiger partial charge in [-0.05, 0) is 29.8 Å². The van der Waals surface area contributed by atoms with E-state index in [0.717, 1.165) is 16.8 Å². The molecule has 1 N–H and O–H groups in total. The number of nitrogens with one attached hydrogen (secondary N) is 1. The standard InChI is InChI=1S/C17H16N2O3/c1-11-18-15-8-5-13(10-16(15)22-11)19-17(20)9-12-3-6-14(21-2)7-4-12/h3-8,10H,9H2,1-2H3,(H,19,20). The Kier molecular flexibility index (Phi) is 3.78. The molecule has 3 rings (SSSR count). The molecule has 0 aliphatic rings. The van der Waals surface area contributed by atoms with Gasteiger partial charge in [0.05, 0.1) is 13.5 Å². The zero-order valence-corrected chi connectivity index (χ0v) is 12.4. The Morgan fingerprint density at radius 2 is 2.00 bits per heavy atom. The molecule has 0 atom stereocenters. The summed E-state index contributed by atoms with van der Waals surface area (Å²) >= 11 is 0. The fourth-order valence-corrected chi connectivity index (χ4v) is 2.25. The molecule has 1 aromatic heterocycles. The van der Waals surface area contributed by atoms with Crippen LogP contribution < -0.4 is 10.1 Å². The highest BCUT2D eigenvalue weighted by Gasteiger charge is 2.07. The monoisotopic (exact) mass is 296 g/mol. The Bertz CT molecular complexity index is 806. The molecule has 0 unspecified atom stereocenters. The lowest BCUT2D eigenvalue weighted by atomic mass is 10.1. The summed E-state index contributed by atoms with van der Waals surface area (Å²) in [6, 6.07) is 12.9. The van der Waals surface area contributed by atoms with Crippen molar-refractivity contribution in [2.24, 2.45) is 0 Å². The second-order valence-corrected chi connectivity index (χ2v) is 4.99. The number of nitrogens with zero attached hydrogens (tertiary/aromatic N) is 1. The number of aryl methyl sites for hydroxylation is 1. The minimum atomic E-state index is -0.0826. The van der Waals surface area contributed by atoms with Crippen LogP contribution in [0.1, 0.15) is 11.5 Å². The molecule has 0 saturated heterocycles. The van der Waals surface area contributed by atoms with Gasteiger partial charge in [-0.2, -0.15) is 0 Å². The van der Waals surface area contributed by atoms with Crippen LogP contribution in [0.5, 0.6) is 5.75 Å². The first kappa shape index (κ1) is 14.1. The van der Waals surface area contributed by atoms with E-state index in [1.807, 2.05) is 36.4 Å². The Labute approximate surface area is 127 Å². The van der Waals surface area contributed by atoms with Crippen LogP contribution >= 0.6 is 0 Å². The molecule has 5 nitrogen and oxygen atoms in total. The number of methoxy groups -OCH3 is 1. The van der Waals surface area contributed by atoms with Crippen molar-refractivity contribution < 1.29 is 13.9 Å². The fourth-order valence-electron chi connectivity index (χ4n) is 2.25. The van der Waals surface area contributed by atoms with Crippen LogP contribution in [0.25, 0.3) is 11.1 Å². The van der Waals surface area contributed by atoms with E-state index >= 15 is 0 Å². The van der Waals surface area contributed by atoms with Gasteiger partial charge in [0.2, 0.25) is 5.91 Å². The number of carbonyl (C=O) groups excluding carboxylic acids is 1. The number of amides is 1. The molecular formula is C17H16N2O3. The molecule has 0 aliphatic carbocycles. The van der Waals surface area contributed by atoms with E-state index in [2.05, 4.69) is 10.3 Å². The van der Waals surface area contributed by atoms with Gasteiger partial charge < -0.3 is 14.5 Å². The van der Waals surface area contributed by atoms with Gasteiger partial charge in [0.1, 0.15) is 11.3 Å². The summed E-state index contributed by atoms with van der Waals surface area (Å²) in [5, 5.41) is 2.86. The predicted octanol–water partition coefficient (Wildman–Crippen LogP) is 3.33. The number of fused-ring (bicyclic) bond motifs is 1. The number of hydrogen-bond donors (Lipinski definition) is 1. The Morgan fingerprint density at radius 1 is 1.23 bits per heavy atom. The maximum atomic E-state index is 12.1. The first-order chi connectivity index (χ1) is 10.6. The van der Waals surface area contributed by atoms with Crippen molar-refractivity contribution >= 4 is 22.7 Å². The lowest BCUT2D eigenvalue weighted by molar-refractivity contribution is -0.115. The van der Waals surface area contributed by atoms with Gasteiger partial charge in [0.15, 0.2) is 11.5 Å². The number of carbonyl (C=O) groups is 1. The number of rotatable bonds is 4. The Hall–Kier alpha value is -2.82. The van der Waals surface area contributed by atoms with Crippen molar-refractivity contribution in [3.05, 3.63) is 53.9 Å². The summed E-state index contributed by atoms with van der Waals surface area (Å²) in [4.78, 5) is 16.3. The first-order valence-corrected chi connectivity index (χ1v) is 6.94. The minimum Gasteiger partial charge on any atom is -0.497 e. The molecule has 1 heterocycles. The Balaban J connectivity index is 1.69. The van der Waals surface area contributed by atoms with Gasteiger partial charge in [-0.15, -0.1) is 0 Å². The third-order valence-electron chi connectivity index (χ3n) is 3.30. The van der Waals surface area contributed by atoms with Crippen LogP contribution in [0.2, 0.25) is 0 Å². The van der Waals surface area contributed by atoms with E-state index in [-0.39, 0.29) is 5.91 Å². The van der Waals surface area contributed by atoms with Crippen LogP contribution in [-0.4, -0.2) is 18.0 Å². The maximum absolute atomic E-state index is 12.1. The van der Waals surface area contributed by atoms with Gasteiger partial charge in [0, 0.05) is 18.7 Å². The quantitative estimate of drug-likeness (QED) is 0.802. The topological polar surface area (TPSA) is 64.4 Å². The summed E-state index contributed by atoms with van der Waals surface area (Å²) in [7, 11) is 1.61. The summed E-state index contributed by atoms with van der Waals surface area (Å²) in [5.41, 5.74) is 3.07. The average molecular weight is 296 g/mol. The highest BCUT2D eigenvalue weighted by molar-refractivity contribution is 5.94. The molecule has 0 bridgehead atoms. The summed E-state index contributed by atoms with van der Waals surface area (Å²) in [5.74, 6) is 1.30. The molecule has 1 amide bonds. The average Bonchev–Trinajstić information content (AvgIpc) is 2.87. The van der Waals surface area contributed by atoms with Gasteiger partial charge in [-0.25, -0.2) is 4.98 Å². The number of aromatic nitrogens is 1. The second-order valence-electron chi connectivity index (χ2n) is 4.99. The molecular weight excluding hydrogens is 280 g/mol. The van der Waals surface area contributed by atoms with Crippen molar-refractivity contribution in [1.29, 1.82) is 0 Å². The highest BCUT2D eigenvalue weighted by atomic mass is 16.5. The summed E-state index contributed by atoms with van der Waals surface area (Å²) in [6.07, 6.45) is 0.303. The van der Waals surface area contributed by atoms with Gasteiger partial charge in [-0.3, -0.25) is 4.79 Å². The number of benzene rings is 2. The number of oxazole rings is 1. The maximum Gasteiger partial charge on any atom is 0.228 e. The van der Waals surface area contributed by atoms with Crippen LogP contribution in [0, 0.1) is 6.92 Å². The van der Waals surface area contributed by atoms with E-state index in [1.54, 1.807) is 20.1 Å². The zero-order valence-electron chi connectivity index (χ0n) is 12.4. The smallest absolute Gasteiger partial charge is 0.228 e. The van der Waals surface area contributed by atoms with Crippen LogP contribution in [0.3, 0.4) is 0 Å². The molecule has 0 saturated carbocycles. The highest BCUT2D eigenvalue weighted by Crippen LogP contribution is 2.20. The third kappa shape index (κ3) is 3.09. The number of hydrogen-bond acceptors (Lipinski definition) is 4. The lowest BCUT2D eigenvalue weighted by Gasteiger charge is -2.06.